The van der Waals surface area contributed by atoms with Gasteiger partial charge in [0.2, 0.25) is 11.8 Å². The number of likely N-dealkylation sites (tertiary alicyclic amines) is 1. The summed E-state index contributed by atoms with van der Waals surface area (Å²) in [5, 5.41) is 7.28. The minimum atomic E-state index is -0.285. The fraction of sp³-hybridized carbons (Fsp3) is 0.381. The fourth-order valence-electron chi connectivity index (χ4n) is 3.53. The zero-order valence-corrected chi connectivity index (χ0v) is 15.5. The minimum Gasteiger partial charge on any atom is -0.355 e. The predicted octanol–water partition coefficient (Wildman–Crippen LogP) is 1.94. The van der Waals surface area contributed by atoms with Crippen molar-refractivity contribution in [1.82, 2.24) is 15.5 Å². The number of piperidine rings is 1. The molecule has 6 heteroatoms. The van der Waals surface area contributed by atoms with Crippen molar-refractivity contribution in [3.63, 3.8) is 0 Å². The summed E-state index contributed by atoms with van der Waals surface area (Å²) in [7, 11) is 0. The molecule has 3 rings (SSSR count). The normalized spacial score (nSPS) is 16.8. The Kier molecular flexibility index (Phi) is 6.06. The Labute approximate surface area is 158 Å². The summed E-state index contributed by atoms with van der Waals surface area (Å²) in [4.78, 5) is 38.7. The molecule has 6 nitrogen and oxygen atoms in total. The molecule has 1 unspecified atom stereocenters. The molecule has 0 aromatic heterocycles. The van der Waals surface area contributed by atoms with Gasteiger partial charge in [-0.15, -0.1) is 0 Å². The molecule has 0 radical (unpaired) electrons. The number of likely N-dealkylation sites (N-methyl/N-ethyl adjacent to an activating group) is 1. The lowest BCUT2D eigenvalue weighted by atomic mass is 9.95. The molecular weight excluding hydrogens is 342 g/mol. The molecule has 2 aromatic carbocycles. The van der Waals surface area contributed by atoms with Gasteiger partial charge >= 0.3 is 0 Å². The second-order valence-corrected chi connectivity index (χ2v) is 6.79. The van der Waals surface area contributed by atoms with Crippen molar-refractivity contribution in [2.45, 2.75) is 19.8 Å². The summed E-state index contributed by atoms with van der Waals surface area (Å²) in [5.74, 6) is -0.706. The maximum atomic E-state index is 13.1. The van der Waals surface area contributed by atoms with Gasteiger partial charge in [-0.3, -0.25) is 14.4 Å². The lowest BCUT2D eigenvalue weighted by Crippen LogP contribution is -2.47. The number of nitrogens with one attached hydrogen (secondary N) is 2. The standard InChI is InChI=1S/C21H25N3O3/c1-2-22-19(25)13-23-20(26)16-9-6-12-24(14-16)21(27)18-11-5-8-15-7-3-4-10-17(15)18/h3-5,7-8,10-11,16H,2,6,9,12-14H2,1H3,(H,22,25)(H,23,26). The maximum Gasteiger partial charge on any atom is 0.254 e. The summed E-state index contributed by atoms with van der Waals surface area (Å²) in [5.41, 5.74) is 0.663. The molecule has 1 saturated heterocycles. The largest absolute Gasteiger partial charge is 0.355 e. The van der Waals surface area contributed by atoms with E-state index in [1.807, 2.05) is 49.4 Å². The molecule has 2 N–H and O–H groups in total. The molecule has 1 aliphatic heterocycles. The van der Waals surface area contributed by atoms with E-state index in [9.17, 15) is 14.4 Å². The highest BCUT2D eigenvalue weighted by atomic mass is 16.2. The van der Waals surface area contributed by atoms with Crippen LogP contribution < -0.4 is 10.6 Å². The van der Waals surface area contributed by atoms with Crippen molar-refractivity contribution in [1.29, 1.82) is 0 Å². The summed E-state index contributed by atoms with van der Waals surface area (Å²) in [6.07, 6.45) is 1.50. The number of hydrogen-bond donors (Lipinski definition) is 2. The summed E-state index contributed by atoms with van der Waals surface area (Å²) >= 11 is 0. The lowest BCUT2D eigenvalue weighted by Gasteiger charge is -2.32. The Hall–Kier alpha value is -2.89. The van der Waals surface area contributed by atoms with Gasteiger partial charge in [-0.1, -0.05) is 36.4 Å². The van der Waals surface area contributed by atoms with Crippen LogP contribution in [-0.2, 0) is 9.59 Å². The van der Waals surface area contributed by atoms with E-state index < -0.39 is 0 Å². The first-order valence-corrected chi connectivity index (χ1v) is 9.41. The van der Waals surface area contributed by atoms with E-state index in [2.05, 4.69) is 10.6 Å². The highest BCUT2D eigenvalue weighted by molar-refractivity contribution is 6.07. The van der Waals surface area contributed by atoms with Gasteiger partial charge in [-0.2, -0.15) is 0 Å². The Bertz CT molecular complexity index is 844. The number of amides is 3. The number of nitrogens with zero attached hydrogens (tertiary/aromatic N) is 1. The van der Waals surface area contributed by atoms with E-state index in [1.54, 1.807) is 4.90 Å². The van der Waals surface area contributed by atoms with Crippen LogP contribution in [0.2, 0.25) is 0 Å². The first-order valence-electron chi connectivity index (χ1n) is 9.41. The Morgan fingerprint density at radius 2 is 1.85 bits per heavy atom. The predicted molar refractivity (Wildman–Crippen MR) is 104 cm³/mol. The first kappa shape index (κ1) is 18.9. The van der Waals surface area contributed by atoms with Crippen LogP contribution in [0.25, 0.3) is 10.8 Å². The van der Waals surface area contributed by atoms with Gasteiger partial charge in [0.1, 0.15) is 0 Å². The zero-order chi connectivity index (χ0) is 19.2. The number of hydrogen-bond acceptors (Lipinski definition) is 3. The third kappa shape index (κ3) is 4.45. The van der Waals surface area contributed by atoms with Crippen molar-refractivity contribution in [2.75, 3.05) is 26.2 Å². The third-order valence-electron chi connectivity index (χ3n) is 4.90. The second-order valence-electron chi connectivity index (χ2n) is 6.79. The molecule has 1 aliphatic rings. The Morgan fingerprint density at radius 3 is 2.67 bits per heavy atom. The number of fused-ring (bicyclic) bond motifs is 1. The van der Waals surface area contributed by atoms with Crippen molar-refractivity contribution in [3.05, 3.63) is 48.0 Å². The molecule has 1 fully saturated rings. The summed E-state index contributed by atoms with van der Waals surface area (Å²) < 4.78 is 0. The fourth-order valence-corrected chi connectivity index (χ4v) is 3.53. The van der Waals surface area contributed by atoms with Gasteiger partial charge in [0.25, 0.3) is 5.91 Å². The number of carbonyl (C=O) groups is 3. The van der Waals surface area contributed by atoms with E-state index >= 15 is 0 Å². The molecule has 142 valence electrons. The zero-order valence-electron chi connectivity index (χ0n) is 15.5. The van der Waals surface area contributed by atoms with Gasteiger partial charge in [-0.05, 0) is 36.6 Å². The van der Waals surface area contributed by atoms with Crippen LogP contribution in [-0.4, -0.2) is 48.8 Å². The van der Waals surface area contributed by atoms with E-state index in [-0.39, 0.29) is 30.2 Å². The average Bonchev–Trinajstić information content (AvgIpc) is 2.71. The van der Waals surface area contributed by atoms with Crippen molar-refractivity contribution >= 4 is 28.5 Å². The first-order chi connectivity index (χ1) is 13.1. The molecule has 1 atom stereocenters. The maximum absolute atomic E-state index is 13.1. The molecule has 3 amide bonds. The summed E-state index contributed by atoms with van der Waals surface area (Å²) in [6, 6.07) is 13.5. The third-order valence-corrected chi connectivity index (χ3v) is 4.90. The minimum absolute atomic E-state index is 0.0273. The van der Waals surface area contributed by atoms with E-state index in [1.165, 1.54) is 0 Å². The number of benzene rings is 2. The highest BCUT2D eigenvalue weighted by Crippen LogP contribution is 2.23. The monoisotopic (exact) mass is 367 g/mol. The van der Waals surface area contributed by atoms with Crippen LogP contribution in [0.1, 0.15) is 30.1 Å². The number of carbonyl (C=O) groups excluding carboxylic acids is 3. The second kappa shape index (κ2) is 8.66. The van der Waals surface area contributed by atoms with Crippen LogP contribution in [0.15, 0.2) is 42.5 Å². The number of rotatable bonds is 5. The topological polar surface area (TPSA) is 78.5 Å². The molecule has 0 aliphatic carbocycles. The van der Waals surface area contributed by atoms with Gasteiger partial charge in [0.15, 0.2) is 0 Å². The quantitative estimate of drug-likeness (QED) is 0.848. The van der Waals surface area contributed by atoms with E-state index in [0.29, 0.717) is 25.2 Å². The van der Waals surface area contributed by atoms with Crippen LogP contribution in [0.5, 0.6) is 0 Å². The molecular formula is C21H25N3O3. The van der Waals surface area contributed by atoms with Gasteiger partial charge < -0.3 is 15.5 Å². The van der Waals surface area contributed by atoms with Crippen molar-refractivity contribution in [2.24, 2.45) is 5.92 Å². The Balaban J connectivity index is 1.67. The molecule has 0 saturated carbocycles. The SMILES string of the molecule is CCNC(=O)CNC(=O)C1CCCN(C(=O)c2cccc3ccccc23)C1. The lowest BCUT2D eigenvalue weighted by molar-refractivity contribution is -0.129. The van der Waals surface area contributed by atoms with Crippen LogP contribution in [0, 0.1) is 5.92 Å². The highest BCUT2D eigenvalue weighted by Gasteiger charge is 2.29. The summed E-state index contributed by atoms with van der Waals surface area (Å²) in [6.45, 7) is 3.36. The molecule has 1 heterocycles. The smallest absolute Gasteiger partial charge is 0.254 e. The van der Waals surface area contributed by atoms with Gasteiger partial charge in [-0.25, -0.2) is 0 Å². The van der Waals surface area contributed by atoms with Crippen LogP contribution in [0.3, 0.4) is 0 Å². The molecule has 0 spiro atoms. The molecule has 27 heavy (non-hydrogen) atoms. The van der Waals surface area contributed by atoms with Gasteiger partial charge in [0, 0.05) is 25.2 Å². The van der Waals surface area contributed by atoms with Crippen LogP contribution >= 0.6 is 0 Å². The Morgan fingerprint density at radius 1 is 1.07 bits per heavy atom. The van der Waals surface area contributed by atoms with E-state index in [0.717, 1.165) is 23.6 Å². The van der Waals surface area contributed by atoms with E-state index in [4.69, 9.17) is 0 Å². The molecule has 2 aromatic rings. The van der Waals surface area contributed by atoms with Gasteiger partial charge in [0.05, 0.1) is 12.5 Å². The van der Waals surface area contributed by atoms with Crippen LogP contribution in [0.4, 0.5) is 0 Å². The van der Waals surface area contributed by atoms with Crippen molar-refractivity contribution in [3.8, 4) is 0 Å². The molecule has 0 bridgehead atoms. The average molecular weight is 367 g/mol. The van der Waals surface area contributed by atoms with Crippen molar-refractivity contribution < 1.29 is 14.4 Å².